The largest absolute Gasteiger partial charge is 0.469 e. The first-order valence-corrected chi connectivity index (χ1v) is 3.55. The molecule has 1 amide bonds. The summed E-state index contributed by atoms with van der Waals surface area (Å²) in [4.78, 5) is 11.0. The molecule has 1 aromatic rings. The second-order valence-electron chi connectivity index (χ2n) is 2.24. The van der Waals surface area contributed by atoms with Gasteiger partial charge < -0.3 is 9.73 Å². The van der Waals surface area contributed by atoms with E-state index in [0.29, 0.717) is 5.76 Å². The molecule has 3 heteroatoms. The molecule has 0 aromatic carbocycles. The predicted molar refractivity (Wildman–Crippen MR) is 44.3 cm³/mol. The van der Waals surface area contributed by atoms with Gasteiger partial charge in [0, 0.05) is 0 Å². The molecule has 0 aliphatic heterocycles. The van der Waals surface area contributed by atoms with Crippen molar-refractivity contribution in [3.05, 3.63) is 24.2 Å². The first-order valence-electron chi connectivity index (χ1n) is 3.55. The molecule has 0 aliphatic carbocycles. The van der Waals surface area contributed by atoms with Crippen molar-refractivity contribution < 1.29 is 9.21 Å². The summed E-state index contributed by atoms with van der Waals surface area (Å²) in [5, 5.41) is 2.54. The fourth-order valence-electron chi connectivity index (χ4n) is 0.784. The van der Waals surface area contributed by atoms with Crippen LogP contribution in [0, 0.1) is 12.3 Å². The van der Waals surface area contributed by atoms with Crippen LogP contribution >= 0.6 is 0 Å². The highest BCUT2D eigenvalue weighted by atomic mass is 16.3. The third-order valence-corrected chi connectivity index (χ3v) is 1.30. The summed E-state index contributed by atoms with van der Waals surface area (Å²) in [7, 11) is 0. The van der Waals surface area contributed by atoms with E-state index in [1.807, 2.05) is 0 Å². The standard InChI is InChI=1S/C9H9NO2/c1-2-5-10-9(11)7-8-4-3-6-12-8/h1,3-4,6H,5,7H2,(H,10,11). The van der Waals surface area contributed by atoms with Crippen LogP contribution in [0.15, 0.2) is 22.8 Å². The molecular weight excluding hydrogens is 154 g/mol. The Morgan fingerprint density at radius 2 is 2.58 bits per heavy atom. The smallest absolute Gasteiger partial charge is 0.228 e. The van der Waals surface area contributed by atoms with Gasteiger partial charge >= 0.3 is 0 Å². The number of hydrogen-bond donors (Lipinski definition) is 1. The van der Waals surface area contributed by atoms with Gasteiger partial charge in [0.2, 0.25) is 5.91 Å². The van der Waals surface area contributed by atoms with Crippen molar-refractivity contribution in [3.8, 4) is 12.3 Å². The highest BCUT2D eigenvalue weighted by molar-refractivity contribution is 5.78. The molecule has 3 nitrogen and oxygen atoms in total. The Morgan fingerprint density at radius 3 is 3.17 bits per heavy atom. The Labute approximate surface area is 70.8 Å². The normalized spacial score (nSPS) is 8.92. The van der Waals surface area contributed by atoms with Gasteiger partial charge in [-0.25, -0.2) is 0 Å². The summed E-state index contributed by atoms with van der Waals surface area (Å²) in [5.74, 6) is 2.84. The summed E-state index contributed by atoms with van der Waals surface area (Å²) < 4.78 is 4.97. The Balaban J connectivity index is 2.33. The molecule has 0 aliphatic rings. The monoisotopic (exact) mass is 163 g/mol. The van der Waals surface area contributed by atoms with E-state index in [4.69, 9.17) is 10.8 Å². The lowest BCUT2D eigenvalue weighted by Crippen LogP contribution is -2.24. The molecule has 0 radical (unpaired) electrons. The summed E-state index contributed by atoms with van der Waals surface area (Å²) in [6.07, 6.45) is 6.74. The number of hydrogen-bond acceptors (Lipinski definition) is 2. The van der Waals surface area contributed by atoms with Crippen molar-refractivity contribution in [3.63, 3.8) is 0 Å². The van der Waals surface area contributed by atoms with E-state index >= 15 is 0 Å². The molecule has 12 heavy (non-hydrogen) atoms. The number of carbonyl (C=O) groups excluding carboxylic acids is 1. The average Bonchev–Trinajstić information content (AvgIpc) is 2.53. The van der Waals surface area contributed by atoms with Crippen molar-refractivity contribution in [2.45, 2.75) is 6.42 Å². The average molecular weight is 163 g/mol. The van der Waals surface area contributed by atoms with Crippen LogP contribution in [0.3, 0.4) is 0 Å². The first-order chi connectivity index (χ1) is 5.83. The molecule has 1 rings (SSSR count). The maximum atomic E-state index is 11.0. The maximum absolute atomic E-state index is 11.0. The second-order valence-corrected chi connectivity index (χ2v) is 2.24. The Morgan fingerprint density at radius 1 is 1.75 bits per heavy atom. The van der Waals surface area contributed by atoms with Gasteiger partial charge in [-0.3, -0.25) is 4.79 Å². The van der Waals surface area contributed by atoms with Gasteiger partial charge in [0.1, 0.15) is 5.76 Å². The number of carbonyl (C=O) groups is 1. The van der Waals surface area contributed by atoms with Crippen LogP contribution in [-0.4, -0.2) is 12.5 Å². The fraction of sp³-hybridized carbons (Fsp3) is 0.222. The third kappa shape index (κ3) is 2.51. The number of nitrogens with one attached hydrogen (secondary N) is 1. The van der Waals surface area contributed by atoms with Crippen LogP contribution in [0.5, 0.6) is 0 Å². The minimum absolute atomic E-state index is 0.122. The molecule has 0 fully saturated rings. The lowest BCUT2D eigenvalue weighted by molar-refractivity contribution is -0.120. The minimum atomic E-state index is -0.122. The zero-order chi connectivity index (χ0) is 8.81. The molecule has 62 valence electrons. The van der Waals surface area contributed by atoms with Gasteiger partial charge in [-0.2, -0.15) is 0 Å². The zero-order valence-electron chi connectivity index (χ0n) is 6.54. The molecular formula is C9H9NO2. The summed E-state index contributed by atoms with van der Waals surface area (Å²) in [6, 6.07) is 3.49. The molecule has 0 spiro atoms. The van der Waals surface area contributed by atoms with Gasteiger partial charge in [-0.1, -0.05) is 5.92 Å². The topological polar surface area (TPSA) is 42.2 Å². The van der Waals surface area contributed by atoms with Crippen LogP contribution in [0.25, 0.3) is 0 Å². The van der Waals surface area contributed by atoms with E-state index < -0.39 is 0 Å². The van der Waals surface area contributed by atoms with E-state index in [-0.39, 0.29) is 18.9 Å². The number of furan rings is 1. The second kappa shape index (κ2) is 4.24. The lowest BCUT2D eigenvalue weighted by atomic mass is 10.3. The van der Waals surface area contributed by atoms with Crippen LogP contribution < -0.4 is 5.32 Å². The Bertz CT molecular complexity index is 282. The fourth-order valence-corrected chi connectivity index (χ4v) is 0.784. The van der Waals surface area contributed by atoms with Crippen molar-refractivity contribution in [2.24, 2.45) is 0 Å². The molecule has 0 saturated heterocycles. The number of rotatable bonds is 3. The van der Waals surface area contributed by atoms with E-state index in [1.54, 1.807) is 12.1 Å². The van der Waals surface area contributed by atoms with Gasteiger partial charge in [0.05, 0.1) is 19.2 Å². The van der Waals surface area contributed by atoms with Gasteiger partial charge in [-0.05, 0) is 12.1 Å². The SMILES string of the molecule is C#CCNC(=O)Cc1ccco1. The Kier molecular flexibility index (Phi) is 2.97. The van der Waals surface area contributed by atoms with Crippen LogP contribution in [0.4, 0.5) is 0 Å². The van der Waals surface area contributed by atoms with Crippen molar-refractivity contribution in [2.75, 3.05) is 6.54 Å². The quantitative estimate of drug-likeness (QED) is 0.662. The van der Waals surface area contributed by atoms with E-state index in [1.165, 1.54) is 6.26 Å². The Hall–Kier alpha value is -1.69. The van der Waals surface area contributed by atoms with Crippen LogP contribution in [0.2, 0.25) is 0 Å². The highest BCUT2D eigenvalue weighted by Gasteiger charge is 2.02. The number of amides is 1. The van der Waals surface area contributed by atoms with E-state index in [2.05, 4.69) is 11.2 Å². The van der Waals surface area contributed by atoms with Crippen molar-refractivity contribution in [1.82, 2.24) is 5.32 Å². The molecule has 0 unspecified atom stereocenters. The highest BCUT2D eigenvalue weighted by Crippen LogP contribution is 1.99. The summed E-state index contributed by atoms with van der Waals surface area (Å²) >= 11 is 0. The molecule has 0 bridgehead atoms. The molecule has 0 atom stereocenters. The lowest BCUT2D eigenvalue weighted by Gasteiger charge is -1.97. The first kappa shape index (κ1) is 8.41. The van der Waals surface area contributed by atoms with Crippen LogP contribution in [0.1, 0.15) is 5.76 Å². The molecule has 1 heterocycles. The van der Waals surface area contributed by atoms with E-state index in [0.717, 1.165) is 0 Å². The molecule has 1 aromatic heterocycles. The van der Waals surface area contributed by atoms with Crippen molar-refractivity contribution in [1.29, 1.82) is 0 Å². The predicted octanol–water partition coefficient (Wildman–Crippen LogP) is 0.571. The zero-order valence-corrected chi connectivity index (χ0v) is 6.54. The van der Waals surface area contributed by atoms with Crippen molar-refractivity contribution >= 4 is 5.91 Å². The number of terminal acetylenes is 1. The van der Waals surface area contributed by atoms with Gasteiger partial charge in [-0.15, -0.1) is 6.42 Å². The van der Waals surface area contributed by atoms with Gasteiger partial charge in [0.15, 0.2) is 0 Å². The van der Waals surface area contributed by atoms with Crippen LogP contribution in [-0.2, 0) is 11.2 Å². The molecule has 1 N–H and O–H groups in total. The van der Waals surface area contributed by atoms with E-state index in [9.17, 15) is 4.79 Å². The summed E-state index contributed by atoms with van der Waals surface area (Å²) in [6.45, 7) is 0.263. The summed E-state index contributed by atoms with van der Waals surface area (Å²) in [5.41, 5.74) is 0. The van der Waals surface area contributed by atoms with Gasteiger partial charge in [0.25, 0.3) is 0 Å². The third-order valence-electron chi connectivity index (χ3n) is 1.30. The maximum Gasteiger partial charge on any atom is 0.228 e. The molecule has 0 saturated carbocycles. The minimum Gasteiger partial charge on any atom is -0.469 e.